The molecule has 37 heavy (non-hydrogen) atoms. The summed E-state index contributed by atoms with van der Waals surface area (Å²) in [5, 5.41) is 13.6. The maximum atomic E-state index is 12.9. The normalized spacial score (nSPS) is 13.1. The van der Waals surface area contributed by atoms with Gasteiger partial charge in [0.2, 0.25) is 5.91 Å². The molecule has 1 aliphatic carbocycles. The molecule has 4 rings (SSSR count). The number of carbonyl (C=O) groups excluding carboxylic acids is 2. The van der Waals surface area contributed by atoms with Gasteiger partial charge in [-0.2, -0.15) is 0 Å². The van der Waals surface area contributed by atoms with Crippen molar-refractivity contribution >= 4 is 63.2 Å². The van der Waals surface area contributed by atoms with E-state index in [-0.39, 0.29) is 30.8 Å². The predicted molar refractivity (Wildman–Crippen MR) is 147 cm³/mol. The number of benzene rings is 1. The third-order valence-corrected chi connectivity index (χ3v) is 8.57. The first-order chi connectivity index (χ1) is 17.9. The number of fused-ring (bicyclic) bond motifs is 1. The smallest absolute Gasteiger partial charge is 0.341 e. The lowest BCUT2D eigenvalue weighted by atomic mass is 10.1. The summed E-state index contributed by atoms with van der Waals surface area (Å²) in [6.07, 6.45) is 5.00. The first-order valence-electron chi connectivity index (χ1n) is 12.1. The lowest BCUT2D eigenvalue weighted by molar-refractivity contribution is -0.113. The number of anilines is 1. The third-order valence-electron chi connectivity index (χ3n) is 5.85. The summed E-state index contributed by atoms with van der Waals surface area (Å²) in [5.74, 6) is 0.582. The van der Waals surface area contributed by atoms with Crippen molar-refractivity contribution in [3.05, 3.63) is 50.1 Å². The van der Waals surface area contributed by atoms with Gasteiger partial charge in [-0.25, -0.2) is 4.79 Å². The van der Waals surface area contributed by atoms with E-state index in [9.17, 15) is 9.59 Å². The molecule has 0 saturated heterocycles. The van der Waals surface area contributed by atoms with Gasteiger partial charge in [0.1, 0.15) is 17.4 Å². The van der Waals surface area contributed by atoms with Crippen molar-refractivity contribution in [1.29, 1.82) is 0 Å². The number of hydrogen-bond donors (Lipinski definition) is 1. The molecule has 0 fully saturated rings. The summed E-state index contributed by atoms with van der Waals surface area (Å²) in [4.78, 5) is 26.8. The molecule has 0 spiro atoms. The minimum atomic E-state index is -0.375. The number of thioether (sulfide) groups is 1. The number of carbonyl (C=O) groups is 2. The van der Waals surface area contributed by atoms with Crippen LogP contribution in [0, 0.1) is 0 Å². The highest BCUT2D eigenvalue weighted by Gasteiger charge is 2.27. The number of nitrogens with one attached hydrogen (secondary N) is 1. The number of thiophene rings is 1. The minimum absolute atomic E-state index is 0.115. The van der Waals surface area contributed by atoms with E-state index in [0.717, 1.165) is 37.7 Å². The topological polar surface area (TPSA) is 95.3 Å². The zero-order chi connectivity index (χ0) is 26.4. The van der Waals surface area contributed by atoms with Gasteiger partial charge in [-0.1, -0.05) is 41.4 Å². The molecule has 3 aromatic rings. The fraction of sp³-hybridized carbons (Fsp3) is 0.440. The number of amides is 1. The molecule has 0 bridgehead atoms. The number of nitrogens with zero attached hydrogens (tertiary/aromatic N) is 3. The van der Waals surface area contributed by atoms with Crippen molar-refractivity contribution in [2.75, 3.05) is 17.7 Å². The van der Waals surface area contributed by atoms with Crippen LogP contribution in [0.15, 0.2) is 23.4 Å². The molecule has 0 radical (unpaired) electrons. The Morgan fingerprint density at radius 1 is 1.16 bits per heavy atom. The van der Waals surface area contributed by atoms with E-state index in [1.54, 1.807) is 25.1 Å². The second kappa shape index (κ2) is 13.0. The average Bonchev–Trinajstić information content (AvgIpc) is 3.35. The van der Waals surface area contributed by atoms with E-state index in [1.807, 2.05) is 11.5 Å². The molecule has 0 atom stereocenters. The molecule has 8 nitrogen and oxygen atoms in total. The maximum Gasteiger partial charge on any atom is 0.341 e. The van der Waals surface area contributed by atoms with Gasteiger partial charge in [0.05, 0.1) is 22.9 Å². The van der Waals surface area contributed by atoms with Crippen LogP contribution in [-0.4, -0.2) is 39.0 Å². The molecule has 1 aliphatic rings. The molecule has 12 heteroatoms. The molecule has 0 aliphatic heterocycles. The zero-order valence-corrected chi connectivity index (χ0v) is 23.8. The van der Waals surface area contributed by atoms with E-state index in [1.165, 1.54) is 28.0 Å². The summed E-state index contributed by atoms with van der Waals surface area (Å²) < 4.78 is 13.0. The summed E-state index contributed by atoms with van der Waals surface area (Å²) >= 11 is 15.0. The lowest BCUT2D eigenvalue weighted by Gasteiger charge is -2.10. The molecule has 2 aromatic heterocycles. The van der Waals surface area contributed by atoms with Crippen LogP contribution < -0.4 is 10.1 Å². The fourth-order valence-electron chi connectivity index (χ4n) is 4.12. The SMILES string of the molecule is CCOC(=O)c1c(NC(=O)CSc2nnc(COc3cc(Cl)ccc3Cl)n2CC)sc2c1CCCCC2. The summed E-state index contributed by atoms with van der Waals surface area (Å²) in [6, 6.07) is 5.00. The number of esters is 1. The Kier molecular flexibility index (Phi) is 9.75. The Morgan fingerprint density at radius 3 is 2.76 bits per heavy atom. The summed E-state index contributed by atoms with van der Waals surface area (Å²) in [5.41, 5.74) is 1.54. The van der Waals surface area contributed by atoms with Crippen LogP contribution in [0.1, 0.15) is 59.7 Å². The first kappa shape index (κ1) is 27.8. The molecule has 1 aromatic carbocycles. The van der Waals surface area contributed by atoms with Crippen LogP contribution in [0.5, 0.6) is 5.75 Å². The number of aryl methyl sites for hydroxylation is 1. The van der Waals surface area contributed by atoms with Gasteiger partial charge in [-0.3, -0.25) is 4.79 Å². The van der Waals surface area contributed by atoms with Crippen molar-refractivity contribution in [3.8, 4) is 5.75 Å². The van der Waals surface area contributed by atoms with Gasteiger partial charge in [-0.15, -0.1) is 21.5 Å². The highest BCUT2D eigenvalue weighted by atomic mass is 35.5. The second-order valence-electron chi connectivity index (χ2n) is 8.33. The van der Waals surface area contributed by atoms with Crippen molar-refractivity contribution < 1.29 is 19.1 Å². The second-order valence-corrected chi connectivity index (χ2v) is 11.2. The van der Waals surface area contributed by atoms with Crippen LogP contribution in [-0.2, 0) is 35.5 Å². The Labute approximate surface area is 234 Å². The Morgan fingerprint density at radius 2 is 1.97 bits per heavy atom. The van der Waals surface area contributed by atoms with Crippen LogP contribution >= 0.6 is 46.3 Å². The van der Waals surface area contributed by atoms with Crippen molar-refractivity contribution in [3.63, 3.8) is 0 Å². The highest BCUT2D eigenvalue weighted by molar-refractivity contribution is 7.99. The van der Waals surface area contributed by atoms with Gasteiger partial charge in [0, 0.05) is 22.5 Å². The first-order valence-corrected chi connectivity index (χ1v) is 14.7. The zero-order valence-electron chi connectivity index (χ0n) is 20.6. The predicted octanol–water partition coefficient (Wildman–Crippen LogP) is 6.42. The standard InChI is InChI=1S/C25H28Cl2N4O4S2/c1-3-31-20(13-35-18-12-15(26)10-11-17(18)27)29-30-25(31)36-14-21(32)28-23-22(24(33)34-4-2)16-8-6-5-7-9-19(16)37-23/h10-12H,3-9,13-14H2,1-2H3,(H,28,32). The number of hydrogen-bond acceptors (Lipinski definition) is 8. The summed E-state index contributed by atoms with van der Waals surface area (Å²) in [7, 11) is 0. The van der Waals surface area contributed by atoms with Crippen LogP contribution in [0.3, 0.4) is 0 Å². The molecule has 1 amide bonds. The van der Waals surface area contributed by atoms with E-state index in [0.29, 0.717) is 43.9 Å². The van der Waals surface area contributed by atoms with Crippen molar-refractivity contribution in [1.82, 2.24) is 14.8 Å². The quantitative estimate of drug-likeness (QED) is 0.167. The fourth-order valence-corrected chi connectivity index (χ4v) is 6.57. The Balaban J connectivity index is 1.42. The molecule has 0 unspecified atom stereocenters. The Hall–Kier alpha value is -2.27. The van der Waals surface area contributed by atoms with Crippen LogP contribution in [0.4, 0.5) is 5.00 Å². The molecular formula is C25H28Cl2N4O4S2. The van der Waals surface area contributed by atoms with E-state index >= 15 is 0 Å². The van der Waals surface area contributed by atoms with E-state index in [2.05, 4.69) is 15.5 Å². The molecule has 2 heterocycles. The number of ether oxygens (including phenoxy) is 2. The lowest BCUT2D eigenvalue weighted by Crippen LogP contribution is -2.17. The van der Waals surface area contributed by atoms with Crippen molar-refractivity contribution in [2.24, 2.45) is 0 Å². The monoisotopic (exact) mass is 582 g/mol. The van der Waals surface area contributed by atoms with E-state index in [4.69, 9.17) is 32.7 Å². The van der Waals surface area contributed by atoms with Gasteiger partial charge in [-0.05, 0) is 57.2 Å². The minimum Gasteiger partial charge on any atom is -0.484 e. The molecular weight excluding hydrogens is 555 g/mol. The van der Waals surface area contributed by atoms with Crippen LogP contribution in [0.2, 0.25) is 10.0 Å². The maximum absolute atomic E-state index is 12.9. The van der Waals surface area contributed by atoms with Gasteiger partial charge in [0.25, 0.3) is 0 Å². The highest BCUT2D eigenvalue weighted by Crippen LogP contribution is 2.38. The van der Waals surface area contributed by atoms with Gasteiger partial charge in [0.15, 0.2) is 11.0 Å². The molecule has 1 N–H and O–H groups in total. The Bertz CT molecular complexity index is 1280. The largest absolute Gasteiger partial charge is 0.484 e. The van der Waals surface area contributed by atoms with Gasteiger partial charge >= 0.3 is 5.97 Å². The average molecular weight is 584 g/mol. The number of aromatic nitrogens is 3. The van der Waals surface area contributed by atoms with E-state index < -0.39 is 0 Å². The van der Waals surface area contributed by atoms with Crippen LogP contribution in [0.25, 0.3) is 0 Å². The number of rotatable bonds is 10. The van der Waals surface area contributed by atoms with Gasteiger partial charge < -0.3 is 19.4 Å². The van der Waals surface area contributed by atoms with Crippen molar-refractivity contribution in [2.45, 2.75) is 64.3 Å². The number of halogens is 2. The molecule has 0 saturated carbocycles. The summed E-state index contributed by atoms with van der Waals surface area (Å²) in [6.45, 7) is 4.79. The molecule has 198 valence electrons. The third kappa shape index (κ3) is 6.79.